The van der Waals surface area contributed by atoms with Crippen LogP contribution in [0.2, 0.25) is 0 Å². The highest BCUT2D eigenvalue weighted by molar-refractivity contribution is 6.14. The van der Waals surface area contributed by atoms with E-state index in [1.807, 2.05) is 49.4 Å². The van der Waals surface area contributed by atoms with Crippen molar-refractivity contribution in [2.75, 3.05) is 0 Å². The standard InChI is InChI=1S/C30H34O2.C8H16/c1-20-14-15-26(28-22(3)25-12-8-9-13-27(25)29(28)31)21(2)24(20)17-19-30(4,32)18-16-23-10-6-5-7-11-23;1-7(2)6-8(3,4)5/h5-13,24,26,28,32H,1-3,14-19H2,4H3;1,6H2,2-5H3. The Hall–Kier alpha value is -2.97. The lowest BCUT2D eigenvalue weighted by atomic mass is 9.66. The molecule has 4 rings (SSSR count). The summed E-state index contributed by atoms with van der Waals surface area (Å²) < 4.78 is 0. The Bertz CT molecular complexity index is 1200. The van der Waals surface area contributed by atoms with Crippen molar-refractivity contribution in [3.63, 3.8) is 0 Å². The van der Waals surface area contributed by atoms with Gasteiger partial charge in [0.25, 0.3) is 0 Å². The molecule has 0 radical (unpaired) electrons. The summed E-state index contributed by atoms with van der Waals surface area (Å²) in [5.41, 5.74) is 7.18. The van der Waals surface area contributed by atoms with E-state index in [0.717, 1.165) is 60.8 Å². The van der Waals surface area contributed by atoms with Gasteiger partial charge in [0.05, 0.1) is 11.5 Å². The van der Waals surface area contributed by atoms with Crippen molar-refractivity contribution in [1.29, 1.82) is 0 Å². The zero-order valence-electron chi connectivity index (χ0n) is 25.6. The van der Waals surface area contributed by atoms with E-state index in [9.17, 15) is 9.90 Å². The van der Waals surface area contributed by atoms with Crippen LogP contribution in [0.1, 0.15) is 94.6 Å². The first-order chi connectivity index (χ1) is 18.7. The number of allylic oxidation sites excluding steroid dienone is 4. The van der Waals surface area contributed by atoms with Gasteiger partial charge >= 0.3 is 0 Å². The lowest BCUT2D eigenvalue weighted by Gasteiger charge is -2.38. The van der Waals surface area contributed by atoms with Crippen molar-refractivity contribution in [3.8, 4) is 0 Å². The maximum atomic E-state index is 13.2. The van der Waals surface area contributed by atoms with Gasteiger partial charge in [0.2, 0.25) is 0 Å². The molecule has 2 nitrogen and oxygen atoms in total. The summed E-state index contributed by atoms with van der Waals surface area (Å²) in [7, 11) is 0. The molecule has 40 heavy (non-hydrogen) atoms. The summed E-state index contributed by atoms with van der Waals surface area (Å²) in [6.07, 6.45) is 6.01. The van der Waals surface area contributed by atoms with Gasteiger partial charge in [0.1, 0.15) is 0 Å². The molecule has 2 aliphatic rings. The van der Waals surface area contributed by atoms with Crippen LogP contribution in [-0.4, -0.2) is 16.5 Å². The Morgan fingerprint density at radius 1 is 0.925 bits per heavy atom. The number of hydrogen-bond acceptors (Lipinski definition) is 2. The zero-order valence-corrected chi connectivity index (χ0v) is 25.6. The van der Waals surface area contributed by atoms with Crippen LogP contribution in [0.15, 0.2) is 97.6 Å². The van der Waals surface area contributed by atoms with Crippen LogP contribution < -0.4 is 0 Å². The summed E-state index contributed by atoms with van der Waals surface area (Å²) in [4.78, 5) is 13.2. The molecule has 0 spiro atoms. The van der Waals surface area contributed by atoms with Crippen LogP contribution in [-0.2, 0) is 6.42 Å². The normalized spacial score (nSPS) is 22.3. The van der Waals surface area contributed by atoms with E-state index in [1.54, 1.807) is 0 Å². The van der Waals surface area contributed by atoms with E-state index in [4.69, 9.17) is 0 Å². The van der Waals surface area contributed by atoms with Crippen molar-refractivity contribution in [2.45, 2.75) is 85.2 Å². The molecular weight excluding hydrogens is 488 g/mol. The summed E-state index contributed by atoms with van der Waals surface area (Å²) in [6, 6.07) is 18.1. The first kappa shape index (κ1) is 31.6. The molecule has 4 atom stereocenters. The van der Waals surface area contributed by atoms with Gasteiger partial charge in [-0.1, -0.05) is 112 Å². The second-order valence-electron chi connectivity index (χ2n) is 13.6. The lowest BCUT2D eigenvalue weighted by molar-refractivity contribution is 0.0372. The molecule has 0 heterocycles. The van der Waals surface area contributed by atoms with Crippen molar-refractivity contribution < 1.29 is 9.90 Å². The molecule has 2 aliphatic carbocycles. The molecule has 2 aromatic carbocycles. The van der Waals surface area contributed by atoms with Crippen LogP contribution in [0.3, 0.4) is 0 Å². The monoisotopic (exact) mass is 538 g/mol. The van der Waals surface area contributed by atoms with Gasteiger partial charge in [0, 0.05) is 11.5 Å². The molecule has 0 aromatic heterocycles. The van der Waals surface area contributed by atoms with Crippen LogP contribution in [0.4, 0.5) is 0 Å². The first-order valence-electron chi connectivity index (χ1n) is 14.8. The Morgan fingerprint density at radius 3 is 2.08 bits per heavy atom. The Kier molecular flexibility index (Phi) is 10.4. The highest BCUT2D eigenvalue weighted by Gasteiger charge is 2.43. The van der Waals surface area contributed by atoms with E-state index in [1.165, 1.54) is 16.7 Å². The third-order valence-corrected chi connectivity index (χ3v) is 8.39. The number of aryl methyl sites for hydroxylation is 1. The van der Waals surface area contributed by atoms with Crippen molar-refractivity contribution in [3.05, 3.63) is 114 Å². The smallest absolute Gasteiger partial charge is 0.171 e. The van der Waals surface area contributed by atoms with E-state index >= 15 is 0 Å². The third-order valence-electron chi connectivity index (χ3n) is 8.39. The van der Waals surface area contributed by atoms with Crippen LogP contribution >= 0.6 is 0 Å². The quantitative estimate of drug-likeness (QED) is 0.340. The average Bonchev–Trinajstić information content (AvgIpc) is 3.12. The van der Waals surface area contributed by atoms with Gasteiger partial charge in [-0.15, -0.1) is 6.58 Å². The summed E-state index contributed by atoms with van der Waals surface area (Å²) in [5, 5.41) is 11.0. The number of carbonyl (C=O) groups is 1. The molecule has 0 amide bonds. The van der Waals surface area contributed by atoms with Gasteiger partial charge < -0.3 is 5.11 Å². The largest absolute Gasteiger partial charge is 0.390 e. The summed E-state index contributed by atoms with van der Waals surface area (Å²) >= 11 is 0. The van der Waals surface area contributed by atoms with Gasteiger partial charge in [-0.2, -0.15) is 0 Å². The highest BCUT2D eigenvalue weighted by atomic mass is 16.3. The molecule has 1 saturated carbocycles. The van der Waals surface area contributed by atoms with Gasteiger partial charge in [0.15, 0.2) is 5.78 Å². The molecule has 2 heteroatoms. The van der Waals surface area contributed by atoms with Gasteiger partial charge in [-0.05, 0) is 86.8 Å². The number of benzene rings is 2. The van der Waals surface area contributed by atoms with Crippen molar-refractivity contribution in [2.24, 2.45) is 23.2 Å². The van der Waals surface area contributed by atoms with Gasteiger partial charge in [-0.25, -0.2) is 0 Å². The molecule has 0 saturated heterocycles. The zero-order chi connectivity index (χ0) is 29.7. The predicted octanol–water partition coefficient (Wildman–Crippen LogP) is 9.81. The van der Waals surface area contributed by atoms with Crippen LogP contribution in [0.5, 0.6) is 0 Å². The number of rotatable bonds is 8. The maximum absolute atomic E-state index is 13.2. The predicted molar refractivity (Wildman–Crippen MR) is 171 cm³/mol. The molecule has 0 aliphatic heterocycles. The Morgan fingerprint density at radius 2 is 1.52 bits per heavy atom. The number of carbonyl (C=O) groups excluding carboxylic acids is 1. The second-order valence-corrected chi connectivity index (χ2v) is 13.6. The molecule has 214 valence electrons. The van der Waals surface area contributed by atoms with E-state index in [2.05, 4.69) is 66.1 Å². The molecule has 1 N–H and O–H groups in total. The fourth-order valence-corrected chi connectivity index (χ4v) is 6.43. The van der Waals surface area contributed by atoms with Crippen molar-refractivity contribution in [1.82, 2.24) is 0 Å². The molecule has 4 unspecified atom stereocenters. The Labute approximate surface area is 243 Å². The number of ketones is 1. The minimum Gasteiger partial charge on any atom is -0.390 e. The van der Waals surface area contributed by atoms with E-state index in [0.29, 0.717) is 11.8 Å². The SMILES string of the molecule is C=C(C)CC(C)(C)C.C=C1CCC(C2C(=C)c3ccccc3C2=O)C(=C)C1CCC(C)(O)CCc1ccccc1. The Balaban J connectivity index is 0.000000482. The molecule has 2 aromatic rings. The topological polar surface area (TPSA) is 37.3 Å². The van der Waals surface area contributed by atoms with Crippen LogP contribution in [0.25, 0.3) is 5.57 Å². The second kappa shape index (κ2) is 13.1. The first-order valence-corrected chi connectivity index (χ1v) is 14.8. The maximum Gasteiger partial charge on any atom is 0.171 e. The molecule has 0 bridgehead atoms. The fraction of sp³-hybridized carbons (Fsp3) is 0.447. The van der Waals surface area contributed by atoms with E-state index < -0.39 is 5.60 Å². The van der Waals surface area contributed by atoms with Gasteiger partial charge in [-0.3, -0.25) is 4.79 Å². The number of Topliss-reactive ketones (excluding diaryl/α,β-unsaturated/α-hetero) is 1. The highest BCUT2D eigenvalue weighted by Crippen LogP contribution is 2.50. The summed E-state index contributed by atoms with van der Waals surface area (Å²) in [6.45, 7) is 27.6. The van der Waals surface area contributed by atoms with Crippen LogP contribution in [0, 0.1) is 23.2 Å². The minimum absolute atomic E-state index is 0.0900. The average molecular weight is 539 g/mol. The summed E-state index contributed by atoms with van der Waals surface area (Å²) in [5.74, 6) is 0.195. The molecule has 1 fully saturated rings. The number of aliphatic hydroxyl groups is 1. The van der Waals surface area contributed by atoms with Crippen molar-refractivity contribution >= 4 is 11.4 Å². The minimum atomic E-state index is -0.744. The fourth-order valence-electron chi connectivity index (χ4n) is 6.43. The number of hydrogen-bond donors (Lipinski definition) is 1. The van der Waals surface area contributed by atoms with E-state index in [-0.39, 0.29) is 23.5 Å². The lowest BCUT2D eigenvalue weighted by Crippen LogP contribution is -2.31. The third kappa shape index (κ3) is 8.27. The number of fused-ring (bicyclic) bond motifs is 1. The molecular formula is C38H50O2.